The number of rotatable bonds is 6. The van der Waals surface area contributed by atoms with Crippen LogP contribution in [0.3, 0.4) is 0 Å². The number of carbonyl (C=O) groups is 1. The van der Waals surface area contributed by atoms with E-state index in [4.69, 9.17) is 4.52 Å². The summed E-state index contributed by atoms with van der Waals surface area (Å²) in [6, 6.07) is 8.22. The van der Waals surface area contributed by atoms with E-state index in [-0.39, 0.29) is 17.9 Å². The van der Waals surface area contributed by atoms with Crippen LogP contribution in [0.25, 0.3) is 10.9 Å². The Morgan fingerprint density at radius 3 is 3.04 bits per heavy atom. The van der Waals surface area contributed by atoms with Crippen molar-refractivity contribution in [1.82, 2.24) is 20.0 Å². The molecule has 0 aliphatic carbocycles. The highest BCUT2D eigenvalue weighted by Crippen LogP contribution is 2.32. The average Bonchev–Trinajstić information content (AvgIpc) is 3.40. The lowest BCUT2D eigenvalue weighted by molar-refractivity contribution is -0.132. The Hall–Kier alpha value is -2.63. The molecule has 1 N–H and O–H groups in total. The predicted molar refractivity (Wildman–Crippen MR) is 103 cm³/mol. The number of hydrogen-bond donors (Lipinski definition) is 1. The van der Waals surface area contributed by atoms with Gasteiger partial charge in [-0.15, -0.1) is 0 Å². The summed E-state index contributed by atoms with van der Waals surface area (Å²) in [6.45, 7) is 4.85. The molecule has 4 rings (SSSR count). The molecule has 0 unspecified atom stereocenters. The molecule has 1 atom stereocenters. The van der Waals surface area contributed by atoms with E-state index in [0.29, 0.717) is 18.1 Å². The van der Waals surface area contributed by atoms with Gasteiger partial charge in [-0.05, 0) is 37.3 Å². The lowest BCUT2D eigenvalue weighted by Crippen LogP contribution is -2.30. The molecule has 1 saturated heterocycles. The number of carbonyl (C=O) groups excluding carboxylic acids is 1. The molecule has 1 amide bonds. The molecule has 6 heteroatoms. The molecule has 1 aliphatic heterocycles. The van der Waals surface area contributed by atoms with E-state index in [1.54, 1.807) is 0 Å². The molecular formula is C21H26N4O2. The maximum atomic E-state index is 12.8. The van der Waals surface area contributed by atoms with Gasteiger partial charge in [-0.3, -0.25) is 4.79 Å². The maximum Gasteiger partial charge on any atom is 0.249 e. The standard InChI is InChI=1S/C21H26N4O2/c1-14(2)20-23-21(27-24-20)18-10-6-12-25(18)19(26)11-5-7-15-13-22-17-9-4-3-8-16(15)17/h3-4,8-9,13-14,18,22H,5-7,10-12H2,1-2H3/t18-/m0/s1. The van der Waals surface area contributed by atoms with Crippen molar-refractivity contribution in [1.29, 1.82) is 0 Å². The average molecular weight is 366 g/mol. The summed E-state index contributed by atoms with van der Waals surface area (Å²) >= 11 is 0. The molecule has 27 heavy (non-hydrogen) atoms. The Kier molecular flexibility index (Phi) is 4.97. The minimum atomic E-state index is -0.0643. The smallest absolute Gasteiger partial charge is 0.249 e. The molecule has 3 aromatic rings. The van der Waals surface area contributed by atoms with Gasteiger partial charge >= 0.3 is 0 Å². The van der Waals surface area contributed by atoms with Crippen LogP contribution in [0.4, 0.5) is 0 Å². The zero-order valence-electron chi connectivity index (χ0n) is 15.9. The number of nitrogens with zero attached hydrogens (tertiary/aromatic N) is 3. The third-order valence-corrected chi connectivity index (χ3v) is 5.34. The third kappa shape index (κ3) is 3.61. The van der Waals surface area contributed by atoms with E-state index >= 15 is 0 Å². The normalized spacial score (nSPS) is 17.3. The topological polar surface area (TPSA) is 75.0 Å². The second kappa shape index (κ2) is 7.55. The van der Waals surface area contributed by atoms with Crippen molar-refractivity contribution in [2.45, 2.75) is 57.9 Å². The summed E-state index contributed by atoms with van der Waals surface area (Å²) in [5.74, 6) is 1.70. The number of aromatic nitrogens is 3. The Bertz CT molecular complexity index is 927. The molecule has 3 heterocycles. The van der Waals surface area contributed by atoms with E-state index in [2.05, 4.69) is 39.5 Å². The molecule has 2 aromatic heterocycles. The monoisotopic (exact) mass is 366 g/mol. The van der Waals surface area contributed by atoms with Gasteiger partial charge in [0.25, 0.3) is 0 Å². The van der Waals surface area contributed by atoms with Crippen LogP contribution in [-0.4, -0.2) is 32.5 Å². The highest BCUT2D eigenvalue weighted by atomic mass is 16.5. The lowest BCUT2D eigenvalue weighted by atomic mass is 10.1. The van der Waals surface area contributed by atoms with Crippen LogP contribution in [0, 0.1) is 0 Å². The summed E-state index contributed by atoms with van der Waals surface area (Å²) in [5.41, 5.74) is 2.42. The van der Waals surface area contributed by atoms with Gasteiger partial charge in [-0.2, -0.15) is 4.98 Å². The van der Waals surface area contributed by atoms with Crippen LogP contribution in [0.15, 0.2) is 35.0 Å². The van der Waals surface area contributed by atoms with Crippen LogP contribution in [0.5, 0.6) is 0 Å². The number of benzene rings is 1. The Labute approximate surface area is 158 Å². The van der Waals surface area contributed by atoms with Crippen LogP contribution in [0.1, 0.15) is 68.8 Å². The summed E-state index contributed by atoms with van der Waals surface area (Å²) in [5, 5.41) is 5.30. The van der Waals surface area contributed by atoms with E-state index in [1.807, 2.05) is 24.8 Å². The van der Waals surface area contributed by atoms with Crippen molar-refractivity contribution in [3.63, 3.8) is 0 Å². The molecule has 6 nitrogen and oxygen atoms in total. The van der Waals surface area contributed by atoms with Crippen molar-refractivity contribution in [2.24, 2.45) is 0 Å². The van der Waals surface area contributed by atoms with Crippen LogP contribution in [-0.2, 0) is 11.2 Å². The highest BCUT2D eigenvalue weighted by Gasteiger charge is 2.33. The Balaban J connectivity index is 1.37. The van der Waals surface area contributed by atoms with Gasteiger partial charge in [-0.1, -0.05) is 37.2 Å². The number of nitrogens with one attached hydrogen (secondary N) is 1. The van der Waals surface area contributed by atoms with E-state index in [1.165, 1.54) is 10.9 Å². The summed E-state index contributed by atoms with van der Waals surface area (Å²) in [4.78, 5) is 22.5. The first-order valence-electron chi connectivity index (χ1n) is 9.81. The van der Waals surface area contributed by atoms with Gasteiger partial charge in [0, 0.05) is 36.0 Å². The maximum absolute atomic E-state index is 12.8. The van der Waals surface area contributed by atoms with Gasteiger partial charge in [0.1, 0.15) is 6.04 Å². The number of aryl methyl sites for hydroxylation is 1. The quantitative estimate of drug-likeness (QED) is 0.703. The molecule has 0 saturated carbocycles. The fraction of sp³-hybridized carbons (Fsp3) is 0.476. The number of aromatic amines is 1. The van der Waals surface area contributed by atoms with E-state index in [0.717, 1.165) is 37.7 Å². The van der Waals surface area contributed by atoms with Gasteiger partial charge in [-0.25, -0.2) is 0 Å². The lowest BCUT2D eigenvalue weighted by Gasteiger charge is -2.21. The molecule has 1 aliphatic rings. The molecule has 1 aromatic carbocycles. The molecule has 1 fully saturated rings. The second-order valence-corrected chi connectivity index (χ2v) is 7.60. The number of likely N-dealkylation sites (tertiary alicyclic amines) is 1. The number of hydrogen-bond acceptors (Lipinski definition) is 4. The molecule has 0 bridgehead atoms. The van der Waals surface area contributed by atoms with E-state index < -0.39 is 0 Å². The summed E-state index contributed by atoms with van der Waals surface area (Å²) in [6.07, 6.45) is 6.21. The molecular weight excluding hydrogens is 340 g/mol. The predicted octanol–water partition coefficient (Wildman–Crippen LogP) is 4.36. The first-order chi connectivity index (χ1) is 13.1. The van der Waals surface area contributed by atoms with Crippen molar-refractivity contribution >= 4 is 16.8 Å². The molecule has 0 spiro atoms. The third-order valence-electron chi connectivity index (χ3n) is 5.34. The van der Waals surface area contributed by atoms with Gasteiger partial charge in [0.15, 0.2) is 5.82 Å². The van der Waals surface area contributed by atoms with Crippen LogP contribution in [0.2, 0.25) is 0 Å². The minimum absolute atomic E-state index is 0.0643. The van der Waals surface area contributed by atoms with Gasteiger partial charge in [0.2, 0.25) is 11.8 Å². The molecule has 0 radical (unpaired) electrons. The first-order valence-corrected chi connectivity index (χ1v) is 9.81. The SMILES string of the molecule is CC(C)c1noc([C@@H]2CCCN2C(=O)CCCc2c[nH]c3ccccc23)n1. The highest BCUT2D eigenvalue weighted by molar-refractivity contribution is 5.83. The van der Waals surface area contributed by atoms with Crippen LogP contribution >= 0.6 is 0 Å². The number of fused-ring (bicyclic) bond motifs is 1. The van der Waals surface area contributed by atoms with Gasteiger partial charge < -0.3 is 14.4 Å². The van der Waals surface area contributed by atoms with Crippen molar-refractivity contribution in [3.8, 4) is 0 Å². The largest absolute Gasteiger partial charge is 0.361 e. The first kappa shape index (κ1) is 17.8. The number of para-hydroxylation sites is 1. The molecule has 142 valence electrons. The summed E-state index contributed by atoms with van der Waals surface area (Å²) < 4.78 is 5.44. The number of H-pyrrole nitrogens is 1. The minimum Gasteiger partial charge on any atom is -0.361 e. The van der Waals surface area contributed by atoms with Crippen molar-refractivity contribution in [2.75, 3.05) is 6.54 Å². The van der Waals surface area contributed by atoms with Gasteiger partial charge in [0.05, 0.1) is 0 Å². The Morgan fingerprint density at radius 1 is 1.37 bits per heavy atom. The number of amides is 1. The van der Waals surface area contributed by atoms with Crippen LogP contribution < -0.4 is 0 Å². The Morgan fingerprint density at radius 2 is 2.22 bits per heavy atom. The van der Waals surface area contributed by atoms with Crippen molar-refractivity contribution < 1.29 is 9.32 Å². The van der Waals surface area contributed by atoms with Crippen molar-refractivity contribution in [3.05, 3.63) is 47.7 Å². The fourth-order valence-corrected chi connectivity index (χ4v) is 3.85. The fourth-order valence-electron chi connectivity index (χ4n) is 3.85. The summed E-state index contributed by atoms with van der Waals surface area (Å²) in [7, 11) is 0. The second-order valence-electron chi connectivity index (χ2n) is 7.60. The van der Waals surface area contributed by atoms with E-state index in [9.17, 15) is 4.79 Å². The zero-order chi connectivity index (χ0) is 18.8. The zero-order valence-corrected chi connectivity index (χ0v) is 15.9.